The van der Waals surface area contributed by atoms with Crippen molar-refractivity contribution >= 4 is 5.91 Å². The van der Waals surface area contributed by atoms with E-state index in [9.17, 15) is 18.7 Å². The summed E-state index contributed by atoms with van der Waals surface area (Å²) in [7, 11) is 0. The van der Waals surface area contributed by atoms with Gasteiger partial charge in [0, 0.05) is 49.7 Å². The molecule has 0 spiro atoms. The number of carbonyl (C=O) groups is 1. The molecule has 2 saturated heterocycles. The van der Waals surface area contributed by atoms with Crippen molar-refractivity contribution in [3.8, 4) is 11.4 Å². The Labute approximate surface area is 230 Å². The highest BCUT2D eigenvalue weighted by Crippen LogP contribution is 2.44. The van der Waals surface area contributed by atoms with Crippen LogP contribution in [-0.2, 0) is 12.1 Å². The molecule has 8 nitrogen and oxygen atoms in total. The third kappa shape index (κ3) is 4.54. The number of halogens is 3. The molecule has 3 aliphatic rings. The van der Waals surface area contributed by atoms with Crippen molar-refractivity contribution in [1.29, 1.82) is 0 Å². The summed E-state index contributed by atoms with van der Waals surface area (Å²) in [6, 6.07) is 1.94. The molecule has 40 heavy (non-hydrogen) atoms. The Kier molecular flexibility index (Phi) is 6.61. The Morgan fingerprint density at radius 1 is 1.12 bits per heavy atom. The molecule has 2 aliphatic heterocycles. The van der Waals surface area contributed by atoms with Gasteiger partial charge in [-0.3, -0.25) is 19.7 Å². The van der Waals surface area contributed by atoms with E-state index < -0.39 is 29.0 Å². The van der Waals surface area contributed by atoms with Crippen LogP contribution in [0.1, 0.15) is 67.0 Å². The number of carbonyl (C=O) groups excluding carboxylic acids is 1. The highest BCUT2D eigenvalue weighted by Gasteiger charge is 2.47. The largest absolute Gasteiger partial charge is 0.382 e. The van der Waals surface area contributed by atoms with Crippen LogP contribution in [0.4, 0.5) is 13.2 Å². The molecule has 6 rings (SSSR count). The molecule has 1 saturated carbocycles. The summed E-state index contributed by atoms with van der Waals surface area (Å²) in [6.45, 7) is 5.78. The molecule has 1 amide bonds. The van der Waals surface area contributed by atoms with Gasteiger partial charge in [-0.15, -0.1) is 0 Å². The summed E-state index contributed by atoms with van der Waals surface area (Å²) in [6.07, 6.45) is 7.28. The van der Waals surface area contributed by atoms with E-state index in [0.29, 0.717) is 12.1 Å². The lowest BCUT2D eigenvalue weighted by molar-refractivity contribution is 0.0158. The molecular formula is C29H31F3N6O2. The Hall–Kier alpha value is -3.44. The molecule has 0 aromatic carbocycles. The molecule has 0 radical (unpaired) electrons. The van der Waals surface area contributed by atoms with Crippen LogP contribution in [0.5, 0.6) is 0 Å². The number of aryl methyl sites for hydroxylation is 1. The van der Waals surface area contributed by atoms with Gasteiger partial charge in [0.25, 0.3) is 5.91 Å². The summed E-state index contributed by atoms with van der Waals surface area (Å²) in [5.41, 5.74) is -0.595. The maximum Gasteiger partial charge on any atom is 0.257 e. The fourth-order valence-electron chi connectivity index (χ4n) is 6.25. The molecule has 210 valence electrons. The van der Waals surface area contributed by atoms with Gasteiger partial charge >= 0.3 is 0 Å². The van der Waals surface area contributed by atoms with Crippen molar-refractivity contribution in [2.45, 2.75) is 76.7 Å². The lowest BCUT2D eigenvalue weighted by Crippen LogP contribution is -2.60. The minimum Gasteiger partial charge on any atom is -0.382 e. The Balaban J connectivity index is 1.27. The van der Waals surface area contributed by atoms with E-state index in [0.717, 1.165) is 37.9 Å². The van der Waals surface area contributed by atoms with Crippen LogP contribution < -0.4 is 0 Å². The molecule has 1 aliphatic carbocycles. The zero-order valence-corrected chi connectivity index (χ0v) is 22.6. The molecule has 3 aromatic rings. The minimum absolute atomic E-state index is 0.0570. The smallest absolute Gasteiger partial charge is 0.257 e. The van der Waals surface area contributed by atoms with E-state index in [2.05, 4.69) is 24.8 Å². The highest BCUT2D eigenvalue weighted by atomic mass is 19.1. The van der Waals surface area contributed by atoms with Gasteiger partial charge in [-0.1, -0.05) is 0 Å². The monoisotopic (exact) mass is 552 g/mol. The molecule has 4 atom stereocenters. The van der Waals surface area contributed by atoms with Crippen LogP contribution in [0, 0.1) is 30.3 Å². The van der Waals surface area contributed by atoms with E-state index >= 15 is 4.39 Å². The number of nitrogens with zero attached hydrogens (tertiary/aromatic N) is 6. The van der Waals surface area contributed by atoms with Crippen LogP contribution in [0.2, 0.25) is 0 Å². The Morgan fingerprint density at radius 3 is 2.62 bits per heavy atom. The van der Waals surface area contributed by atoms with Gasteiger partial charge in [0.2, 0.25) is 0 Å². The fourth-order valence-corrected chi connectivity index (χ4v) is 6.25. The number of likely N-dealkylation sites (tertiary alicyclic amines) is 1. The molecule has 3 aromatic heterocycles. The number of pyridine rings is 2. The summed E-state index contributed by atoms with van der Waals surface area (Å²) >= 11 is 0. The van der Waals surface area contributed by atoms with E-state index in [1.54, 1.807) is 18.7 Å². The third-order valence-electron chi connectivity index (χ3n) is 8.77. The van der Waals surface area contributed by atoms with Crippen LogP contribution >= 0.6 is 0 Å². The van der Waals surface area contributed by atoms with E-state index in [1.165, 1.54) is 18.5 Å². The van der Waals surface area contributed by atoms with Gasteiger partial charge in [-0.2, -0.15) is 0 Å². The van der Waals surface area contributed by atoms with Crippen molar-refractivity contribution in [2.24, 2.45) is 5.92 Å². The highest BCUT2D eigenvalue weighted by molar-refractivity contribution is 5.97. The van der Waals surface area contributed by atoms with Crippen LogP contribution in [-0.4, -0.2) is 65.4 Å². The van der Waals surface area contributed by atoms with Crippen molar-refractivity contribution in [2.75, 3.05) is 6.54 Å². The Morgan fingerprint density at radius 2 is 1.90 bits per heavy atom. The predicted octanol–water partition coefficient (Wildman–Crippen LogP) is 4.15. The maximum atomic E-state index is 16.1. The first-order valence-corrected chi connectivity index (χ1v) is 13.6. The summed E-state index contributed by atoms with van der Waals surface area (Å²) < 4.78 is 43.8. The molecule has 2 bridgehead atoms. The van der Waals surface area contributed by atoms with Crippen LogP contribution in [0.15, 0.2) is 30.7 Å². The lowest BCUT2D eigenvalue weighted by Gasteiger charge is -2.45. The van der Waals surface area contributed by atoms with E-state index in [4.69, 9.17) is 0 Å². The average molecular weight is 553 g/mol. The summed E-state index contributed by atoms with van der Waals surface area (Å²) in [4.78, 5) is 34.5. The van der Waals surface area contributed by atoms with Gasteiger partial charge in [0.05, 0.1) is 23.1 Å². The zero-order chi connectivity index (χ0) is 28.3. The maximum absolute atomic E-state index is 16.1. The molecule has 11 heteroatoms. The second kappa shape index (κ2) is 9.88. The zero-order valence-electron chi connectivity index (χ0n) is 22.6. The van der Waals surface area contributed by atoms with Gasteiger partial charge in [0.1, 0.15) is 22.9 Å². The fraction of sp³-hybridized carbons (Fsp3) is 0.483. The van der Waals surface area contributed by atoms with Crippen molar-refractivity contribution < 1.29 is 23.1 Å². The standard InChI is InChI=1S/C29H31F3N6O2/c1-15-11-35-26(21-8-9-33-28(36-21)29(3,40)17-4-5-17)25(32)24(15)27(39)37-13-19-6-7-23(16(37)2)38(19)14-22-20(31)10-18(30)12-34-22/h8-12,16-17,19,23,40H,4-7,13-14H2,1-3H3/t16-,19+,23-,29-/m0/s1. The molecule has 3 fully saturated rings. The summed E-state index contributed by atoms with van der Waals surface area (Å²) in [5.74, 6) is -2.36. The number of fused-ring (bicyclic) bond motifs is 2. The molecule has 0 unspecified atom stereocenters. The topological polar surface area (TPSA) is 95.3 Å². The summed E-state index contributed by atoms with van der Waals surface area (Å²) in [5, 5.41) is 10.9. The Bertz CT molecular complexity index is 1480. The number of aromatic nitrogens is 4. The van der Waals surface area contributed by atoms with E-state index in [1.807, 2.05) is 6.92 Å². The first-order valence-electron chi connectivity index (χ1n) is 13.6. The molecule has 5 heterocycles. The van der Waals surface area contributed by atoms with Crippen molar-refractivity contribution in [1.82, 2.24) is 29.7 Å². The van der Waals surface area contributed by atoms with Crippen molar-refractivity contribution in [3.63, 3.8) is 0 Å². The SMILES string of the molecule is Cc1cnc(-c2ccnc([C@@](C)(O)C3CC3)n2)c(F)c1C(=O)N1C[C@H]2CC[C@@H]([C@@H]1C)N2Cc1ncc(F)cc1F. The van der Waals surface area contributed by atoms with Crippen LogP contribution in [0.25, 0.3) is 11.4 Å². The number of piperazine rings is 1. The van der Waals surface area contributed by atoms with E-state index in [-0.39, 0.29) is 59.1 Å². The number of rotatable bonds is 6. The van der Waals surface area contributed by atoms with Crippen LogP contribution in [0.3, 0.4) is 0 Å². The number of hydrogen-bond acceptors (Lipinski definition) is 7. The minimum atomic E-state index is -1.23. The molecule has 1 N–H and O–H groups in total. The third-order valence-corrected chi connectivity index (χ3v) is 8.77. The van der Waals surface area contributed by atoms with Gasteiger partial charge in [-0.05, 0) is 64.0 Å². The van der Waals surface area contributed by atoms with Gasteiger partial charge in [0.15, 0.2) is 11.6 Å². The van der Waals surface area contributed by atoms with Gasteiger partial charge in [-0.25, -0.2) is 23.1 Å². The first-order chi connectivity index (χ1) is 19.1. The first kappa shape index (κ1) is 26.8. The second-order valence-corrected chi connectivity index (χ2v) is 11.4. The predicted molar refractivity (Wildman–Crippen MR) is 139 cm³/mol. The van der Waals surface area contributed by atoms with Crippen molar-refractivity contribution in [3.05, 3.63) is 70.8 Å². The molecular weight excluding hydrogens is 521 g/mol. The number of hydrogen-bond donors (Lipinski definition) is 1. The number of amides is 1. The second-order valence-electron chi connectivity index (χ2n) is 11.4. The normalized spacial score (nSPS) is 24.3. The lowest BCUT2D eigenvalue weighted by atomic mass is 9.99. The quantitative estimate of drug-likeness (QED) is 0.491. The average Bonchev–Trinajstić information content (AvgIpc) is 3.73. The number of aliphatic hydroxyl groups is 1. The van der Waals surface area contributed by atoms with Gasteiger partial charge < -0.3 is 10.0 Å².